The number of aromatic nitrogens is 3. The predicted molar refractivity (Wildman–Crippen MR) is 80.0 cm³/mol. The van der Waals surface area contributed by atoms with E-state index in [4.69, 9.17) is 0 Å². The van der Waals surface area contributed by atoms with E-state index in [0.717, 1.165) is 31.4 Å². The molecule has 20 heavy (non-hydrogen) atoms. The van der Waals surface area contributed by atoms with Gasteiger partial charge in [0.25, 0.3) is 0 Å². The Bertz CT molecular complexity index is 550. The normalized spacial score (nSPS) is 20.9. The van der Waals surface area contributed by atoms with Crippen LogP contribution in [0.1, 0.15) is 31.2 Å². The van der Waals surface area contributed by atoms with Crippen molar-refractivity contribution in [2.24, 2.45) is 0 Å². The monoisotopic (exact) mass is 271 g/mol. The maximum absolute atomic E-state index is 4.68. The highest BCUT2D eigenvalue weighted by atomic mass is 15.4. The second kappa shape index (κ2) is 5.63. The minimum absolute atomic E-state index is 0.234. The van der Waals surface area contributed by atoms with E-state index >= 15 is 0 Å². The number of hydrogen-bond acceptors (Lipinski definition) is 4. The van der Waals surface area contributed by atoms with Gasteiger partial charge in [-0.2, -0.15) is 4.98 Å². The first-order valence-corrected chi connectivity index (χ1v) is 7.19. The van der Waals surface area contributed by atoms with E-state index in [2.05, 4.69) is 63.5 Å². The smallest absolute Gasteiger partial charge is 0.244 e. The largest absolute Gasteiger partial charge is 0.337 e. The minimum Gasteiger partial charge on any atom is -0.337 e. The van der Waals surface area contributed by atoms with Crippen LogP contribution in [0.15, 0.2) is 30.3 Å². The summed E-state index contributed by atoms with van der Waals surface area (Å²) in [7, 11) is 0. The number of aromatic amines is 1. The standard InChI is InChI=1S/C15H21N5/c1-11-10-20(9-8-16-11)15-17-14(18-19-15)12(2)13-6-4-3-5-7-13/h3-7,11-12,16H,8-10H2,1-2H3,(H,17,18,19). The zero-order valence-electron chi connectivity index (χ0n) is 12.0. The van der Waals surface area contributed by atoms with Gasteiger partial charge in [-0.1, -0.05) is 37.3 Å². The second-order valence-corrected chi connectivity index (χ2v) is 5.45. The van der Waals surface area contributed by atoms with E-state index in [1.807, 2.05) is 6.07 Å². The fourth-order valence-electron chi connectivity index (χ4n) is 2.61. The quantitative estimate of drug-likeness (QED) is 0.893. The molecule has 2 unspecified atom stereocenters. The number of anilines is 1. The zero-order valence-corrected chi connectivity index (χ0v) is 12.0. The van der Waals surface area contributed by atoms with E-state index in [1.165, 1.54) is 5.56 Å². The van der Waals surface area contributed by atoms with E-state index in [-0.39, 0.29) is 5.92 Å². The Hall–Kier alpha value is -1.88. The number of rotatable bonds is 3. The summed E-state index contributed by atoms with van der Waals surface area (Å²) < 4.78 is 0. The van der Waals surface area contributed by atoms with Crippen LogP contribution in [0.2, 0.25) is 0 Å². The van der Waals surface area contributed by atoms with E-state index in [0.29, 0.717) is 6.04 Å². The van der Waals surface area contributed by atoms with Crippen molar-refractivity contribution in [1.82, 2.24) is 20.5 Å². The van der Waals surface area contributed by atoms with Crippen molar-refractivity contribution in [1.29, 1.82) is 0 Å². The summed E-state index contributed by atoms with van der Waals surface area (Å²) in [5.74, 6) is 1.98. The average molecular weight is 271 g/mol. The van der Waals surface area contributed by atoms with Gasteiger partial charge in [-0.3, -0.25) is 5.10 Å². The Labute approximate surface area is 119 Å². The summed E-state index contributed by atoms with van der Waals surface area (Å²) >= 11 is 0. The zero-order chi connectivity index (χ0) is 13.9. The van der Waals surface area contributed by atoms with E-state index in [1.54, 1.807) is 0 Å². The average Bonchev–Trinajstić information content (AvgIpc) is 2.97. The number of nitrogens with zero attached hydrogens (tertiary/aromatic N) is 3. The highest BCUT2D eigenvalue weighted by Gasteiger charge is 2.21. The molecule has 106 valence electrons. The second-order valence-electron chi connectivity index (χ2n) is 5.45. The third-order valence-electron chi connectivity index (χ3n) is 3.85. The summed E-state index contributed by atoms with van der Waals surface area (Å²) in [6, 6.07) is 10.9. The topological polar surface area (TPSA) is 56.8 Å². The Morgan fingerprint density at radius 2 is 2.10 bits per heavy atom. The molecule has 1 aliphatic rings. The molecule has 1 aromatic heterocycles. The SMILES string of the molecule is CC1CN(c2n[nH]c(C(C)c3ccccc3)n2)CCN1. The van der Waals surface area contributed by atoms with Gasteiger partial charge in [-0.15, -0.1) is 5.10 Å². The lowest BCUT2D eigenvalue weighted by Gasteiger charge is -2.30. The van der Waals surface area contributed by atoms with Crippen molar-refractivity contribution >= 4 is 5.95 Å². The lowest BCUT2D eigenvalue weighted by molar-refractivity contribution is 0.479. The number of piperazine rings is 1. The molecule has 0 radical (unpaired) electrons. The van der Waals surface area contributed by atoms with Crippen LogP contribution in [-0.4, -0.2) is 40.9 Å². The Morgan fingerprint density at radius 1 is 1.30 bits per heavy atom. The summed E-state index contributed by atoms with van der Waals surface area (Å²) in [6.07, 6.45) is 0. The molecule has 0 amide bonds. The van der Waals surface area contributed by atoms with Crippen molar-refractivity contribution in [3.63, 3.8) is 0 Å². The first-order valence-electron chi connectivity index (χ1n) is 7.19. The molecule has 1 aliphatic heterocycles. The molecule has 1 aromatic carbocycles. The van der Waals surface area contributed by atoms with Gasteiger partial charge in [0.2, 0.25) is 5.95 Å². The van der Waals surface area contributed by atoms with E-state index in [9.17, 15) is 0 Å². The lowest BCUT2D eigenvalue weighted by atomic mass is 10.0. The minimum atomic E-state index is 0.234. The molecular weight excluding hydrogens is 250 g/mol. The number of H-pyrrole nitrogens is 1. The molecule has 0 saturated carbocycles. The highest BCUT2D eigenvalue weighted by Crippen LogP contribution is 2.22. The summed E-state index contributed by atoms with van der Waals surface area (Å²) in [5, 5.41) is 10.9. The van der Waals surface area contributed by atoms with Crippen LogP contribution >= 0.6 is 0 Å². The number of benzene rings is 1. The molecule has 0 spiro atoms. The third kappa shape index (κ3) is 2.67. The van der Waals surface area contributed by atoms with Crippen molar-refractivity contribution in [3.8, 4) is 0 Å². The van der Waals surface area contributed by atoms with Crippen molar-refractivity contribution < 1.29 is 0 Å². The molecule has 0 aliphatic carbocycles. The van der Waals surface area contributed by atoms with Gasteiger partial charge in [0.1, 0.15) is 5.82 Å². The first kappa shape index (κ1) is 13.1. The van der Waals surface area contributed by atoms with Gasteiger partial charge in [0, 0.05) is 31.6 Å². The van der Waals surface area contributed by atoms with Crippen molar-refractivity contribution in [3.05, 3.63) is 41.7 Å². The van der Waals surface area contributed by atoms with Crippen LogP contribution in [-0.2, 0) is 0 Å². The van der Waals surface area contributed by atoms with Crippen molar-refractivity contribution in [2.45, 2.75) is 25.8 Å². The summed E-state index contributed by atoms with van der Waals surface area (Å²) in [6.45, 7) is 7.24. The molecular formula is C15H21N5. The number of hydrogen-bond donors (Lipinski definition) is 2. The summed E-state index contributed by atoms with van der Waals surface area (Å²) in [5.41, 5.74) is 1.25. The number of nitrogens with one attached hydrogen (secondary N) is 2. The lowest BCUT2D eigenvalue weighted by Crippen LogP contribution is -2.49. The van der Waals surface area contributed by atoms with Gasteiger partial charge in [0.05, 0.1) is 0 Å². The van der Waals surface area contributed by atoms with Gasteiger partial charge in [0.15, 0.2) is 0 Å². The summed E-state index contributed by atoms with van der Waals surface area (Å²) in [4.78, 5) is 6.91. The predicted octanol–water partition coefficient (Wildman–Crippen LogP) is 1.75. The molecule has 3 rings (SSSR count). The Morgan fingerprint density at radius 3 is 2.85 bits per heavy atom. The maximum Gasteiger partial charge on any atom is 0.244 e. The maximum atomic E-state index is 4.68. The van der Waals surface area contributed by atoms with Gasteiger partial charge >= 0.3 is 0 Å². The van der Waals surface area contributed by atoms with Crippen LogP contribution in [0, 0.1) is 0 Å². The van der Waals surface area contributed by atoms with Crippen molar-refractivity contribution in [2.75, 3.05) is 24.5 Å². The van der Waals surface area contributed by atoms with Crippen LogP contribution in [0.25, 0.3) is 0 Å². The van der Waals surface area contributed by atoms with Crippen LogP contribution in [0.4, 0.5) is 5.95 Å². The van der Waals surface area contributed by atoms with Gasteiger partial charge in [-0.05, 0) is 12.5 Å². The Balaban J connectivity index is 1.76. The molecule has 2 atom stereocenters. The van der Waals surface area contributed by atoms with Gasteiger partial charge < -0.3 is 10.2 Å². The third-order valence-corrected chi connectivity index (χ3v) is 3.85. The molecule has 1 fully saturated rings. The van der Waals surface area contributed by atoms with Crippen LogP contribution in [0.3, 0.4) is 0 Å². The highest BCUT2D eigenvalue weighted by molar-refractivity contribution is 5.33. The first-order chi connectivity index (χ1) is 9.74. The van der Waals surface area contributed by atoms with Gasteiger partial charge in [-0.25, -0.2) is 0 Å². The van der Waals surface area contributed by atoms with Crippen LogP contribution < -0.4 is 10.2 Å². The molecule has 0 bridgehead atoms. The van der Waals surface area contributed by atoms with E-state index < -0.39 is 0 Å². The van der Waals surface area contributed by atoms with Crippen LogP contribution in [0.5, 0.6) is 0 Å². The molecule has 1 saturated heterocycles. The fourth-order valence-corrected chi connectivity index (χ4v) is 2.61. The molecule has 2 aromatic rings. The fraction of sp³-hybridized carbons (Fsp3) is 0.467. The molecule has 5 heteroatoms. The molecule has 2 N–H and O–H groups in total. The Kier molecular flexibility index (Phi) is 3.69. The molecule has 2 heterocycles. The molecule has 5 nitrogen and oxygen atoms in total.